The number of carbonyl (C=O) groups is 2. The average Bonchev–Trinajstić information content (AvgIpc) is 3.06. The highest BCUT2D eigenvalue weighted by molar-refractivity contribution is 6.03. The van der Waals surface area contributed by atoms with Gasteiger partial charge in [-0.15, -0.1) is 0 Å². The van der Waals surface area contributed by atoms with E-state index in [1.165, 1.54) is 0 Å². The Balaban J connectivity index is 1.77. The summed E-state index contributed by atoms with van der Waals surface area (Å²) in [6.45, 7) is 3.14. The summed E-state index contributed by atoms with van der Waals surface area (Å²) in [4.78, 5) is 34.8. The van der Waals surface area contributed by atoms with Crippen LogP contribution in [0.1, 0.15) is 23.3 Å². The third-order valence-corrected chi connectivity index (χ3v) is 5.37. The fraction of sp³-hybridized carbons (Fsp3) is 0.208. The molecular formula is C24H20NO6-. The molecule has 0 atom stereocenters. The Hall–Kier alpha value is -3.87. The van der Waals surface area contributed by atoms with Crippen molar-refractivity contribution in [2.24, 2.45) is 0 Å². The molecule has 0 saturated heterocycles. The van der Waals surface area contributed by atoms with Crippen molar-refractivity contribution in [1.29, 1.82) is 0 Å². The molecule has 31 heavy (non-hydrogen) atoms. The highest BCUT2D eigenvalue weighted by Crippen LogP contribution is 2.37. The molecule has 1 amide bonds. The zero-order valence-corrected chi connectivity index (χ0v) is 17.1. The van der Waals surface area contributed by atoms with E-state index in [-0.39, 0.29) is 12.8 Å². The van der Waals surface area contributed by atoms with Crippen LogP contribution >= 0.6 is 0 Å². The van der Waals surface area contributed by atoms with Crippen LogP contribution in [0.3, 0.4) is 0 Å². The van der Waals surface area contributed by atoms with Crippen LogP contribution in [-0.4, -0.2) is 18.4 Å². The van der Waals surface area contributed by atoms with Crippen molar-refractivity contribution in [3.05, 3.63) is 69.8 Å². The van der Waals surface area contributed by atoms with Gasteiger partial charge in [-0.2, -0.15) is 0 Å². The molecular weight excluding hydrogens is 398 g/mol. The SMILES string of the molecule is Cc1oc2cc3oc(=O)c(CCC(=O)NCC(=O)[O-])c(C)c3cc2c1-c1ccccc1. The van der Waals surface area contributed by atoms with Gasteiger partial charge in [-0.05, 0) is 37.5 Å². The third kappa shape index (κ3) is 3.94. The number of aryl methyl sites for hydroxylation is 2. The van der Waals surface area contributed by atoms with Crippen LogP contribution in [0.4, 0.5) is 0 Å². The molecule has 0 aliphatic rings. The summed E-state index contributed by atoms with van der Waals surface area (Å²) in [5.41, 5.74) is 3.62. The molecule has 2 aromatic carbocycles. The maximum absolute atomic E-state index is 12.5. The zero-order valence-electron chi connectivity index (χ0n) is 17.1. The quantitative estimate of drug-likeness (QED) is 0.482. The van der Waals surface area contributed by atoms with Crippen LogP contribution in [0.25, 0.3) is 33.1 Å². The molecule has 7 heteroatoms. The van der Waals surface area contributed by atoms with Gasteiger partial charge in [0.2, 0.25) is 5.91 Å². The number of carboxylic acid groups (broad SMARTS) is 1. The molecule has 0 unspecified atom stereocenters. The molecule has 4 rings (SSSR count). The predicted octanol–water partition coefficient (Wildman–Crippen LogP) is 2.62. The third-order valence-electron chi connectivity index (χ3n) is 5.37. The van der Waals surface area contributed by atoms with E-state index in [0.29, 0.717) is 16.7 Å². The molecule has 0 fully saturated rings. The van der Waals surface area contributed by atoms with Crippen molar-refractivity contribution in [3.8, 4) is 11.1 Å². The van der Waals surface area contributed by atoms with E-state index in [1.807, 2.05) is 50.2 Å². The van der Waals surface area contributed by atoms with E-state index in [9.17, 15) is 19.5 Å². The molecule has 7 nitrogen and oxygen atoms in total. The summed E-state index contributed by atoms with van der Waals surface area (Å²) in [5, 5.41) is 14.4. The predicted molar refractivity (Wildman–Crippen MR) is 114 cm³/mol. The average molecular weight is 418 g/mol. The Morgan fingerprint density at radius 2 is 1.71 bits per heavy atom. The first kappa shape index (κ1) is 20.4. The van der Waals surface area contributed by atoms with Gasteiger partial charge in [0.05, 0.1) is 12.5 Å². The zero-order chi connectivity index (χ0) is 22.1. The number of furan rings is 1. The fourth-order valence-electron chi connectivity index (χ4n) is 3.85. The molecule has 2 aromatic heterocycles. The molecule has 0 saturated carbocycles. The second-order valence-electron chi connectivity index (χ2n) is 7.39. The van der Waals surface area contributed by atoms with Crippen molar-refractivity contribution in [1.82, 2.24) is 5.32 Å². The molecule has 2 heterocycles. The molecule has 0 aliphatic heterocycles. The summed E-state index contributed by atoms with van der Waals surface area (Å²) >= 11 is 0. The topological polar surface area (TPSA) is 113 Å². The number of benzene rings is 2. The van der Waals surface area contributed by atoms with Crippen LogP contribution in [0.5, 0.6) is 0 Å². The maximum atomic E-state index is 12.5. The van der Waals surface area contributed by atoms with Gasteiger partial charge in [0.15, 0.2) is 0 Å². The minimum Gasteiger partial charge on any atom is -0.548 e. The normalized spacial score (nSPS) is 11.2. The number of amides is 1. The Bertz CT molecular complexity index is 1360. The van der Waals surface area contributed by atoms with Gasteiger partial charge in [0, 0.05) is 34.4 Å². The van der Waals surface area contributed by atoms with Gasteiger partial charge in [0.25, 0.3) is 0 Å². The summed E-state index contributed by atoms with van der Waals surface area (Å²) in [6, 6.07) is 13.6. The van der Waals surface area contributed by atoms with Gasteiger partial charge >= 0.3 is 5.63 Å². The number of rotatable bonds is 6. The van der Waals surface area contributed by atoms with E-state index in [0.717, 1.165) is 33.2 Å². The van der Waals surface area contributed by atoms with Gasteiger partial charge in [0.1, 0.15) is 16.9 Å². The van der Waals surface area contributed by atoms with Gasteiger partial charge in [-0.25, -0.2) is 4.79 Å². The molecule has 0 spiro atoms. The van der Waals surface area contributed by atoms with E-state index < -0.39 is 24.0 Å². The highest BCUT2D eigenvalue weighted by atomic mass is 16.4. The van der Waals surface area contributed by atoms with E-state index in [4.69, 9.17) is 8.83 Å². The minimum absolute atomic E-state index is 0.0350. The second kappa shape index (κ2) is 8.10. The first-order valence-electron chi connectivity index (χ1n) is 9.86. The van der Waals surface area contributed by atoms with E-state index in [2.05, 4.69) is 5.32 Å². The monoisotopic (exact) mass is 418 g/mol. The smallest absolute Gasteiger partial charge is 0.339 e. The van der Waals surface area contributed by atoms with Crippen molar-refractivity contribution < 1.29 is 23.5 Å². The lowest BCUT2D eigenvalue weighted by Gasteiger charge is -2.09. The lowest BCUT2D eigenvalue weighted by atomic mass is 9.98. The van der Waals surface area contributed by atoms with Crippen LogP contribution in [0, 0.1) is 13.8 Å². The Kier molecular flexibility index (Phi) is 5.33. The fourth-order valence-corrected chi connectivity index (χ4v) is 3.85. The van der Waals surface area contributed by atoms with Gasteiger partial charge in [-0.1, -0.05) is 30.3 Å². The highest BCUT2D eigenvalue weighted by Gasteiger charge is 2.18. The number of carbonyl (C=O) groups excluding carboxylic acids is 2. The second-order valence-corrected chi connectivity index (χ2v) is 7.39. The van der Waals surface area contributed by atoms with Crippen molar-refractivity contribution in [2.75, 3.05) is 6.54 Å². The number of hydrogen-bond acceptors (Lipinski definition) is 6. The number of aliphatic carboxylic acids is 1. The van der Waals surface area contributed by atoms with Crippen LogP contribution in [0.15, 0.2) is 56.1 Å². The molecule has 0 bridgehead atoms. The number of carboxylic acids is 1. The van der Waals surface area contributed by atoms with Crippen molar-refractivity contribution in [3.63, 3.8) is 0 Å². The van der Waals surface area contributed by atoms with Crippen molar-refractivity contribution in [2.45, 2.75) is 26.7 Å². The van der Waals surface area contributed by atoms with E-state index >= 15 is 0 Å². The standard InChI is InChI=1S/C24H21NO6/c1-13-16(8-9-21(26)25-12-22(27)28)24(29)31-19-11-20-18(10-17(13)19)23(14(2)30-20)15-6-4-3-5-7-15/h3-7,10-11H,8-9,12H2,1-2H3,(H,25,26)(H,27,28)/p-1. The Labute approximate surface area is 177 Å². The number of hydrogen-bond donors (Lipinski definition) is 1. The first-order valence-corrected chi connectivity index (χ1v) is 9.86. The minimum atomic E-state index is -1.37. The summed E-state index contributed by atoms with van der Waals surface area (Å²) in [7, 11) is 0. The molecule has 1 N–H and O–H groups in total. The lowest BCUT2D eigenvalue weighted by Crippen LogP contribution is -2.37. The molecule has 4 aromatic rings. The van der Waals surface area contributed by atoms with Crippen LogP contribution < -0.4 is 16.0 Å². The van der Waals surface area contributed by atoms with Gasteiger partial charge < -0.3 is 24.1 Å². The lowest BCUT2D eigenvalue weighted by molar-refractivity contribution is -0.304. The number of nitrogens with one attached hydrogen (secondary N) is 1. The van der Waals surface area contributed by atoms with Gasteiger partial charge in [-0.3, -0.25) is 4.79 Å². The van der Waals surface area contributed by atoms with Crippen LogP contribution in [0.2, 0.25) is 0 Å². The summed E-state index contributed by atoms with van der Waals surface area (Å²) < 4.78 is 11.4. The maximum Gasteiger partial charge on any atom is 0.339 e. The number of fused-ring (bicyclic) bond motifs is 2. The Morgan fingerprint density at radius 3 is 2.42 bits per heavy atom. The molecule has 0 radical (unpaired) electrons. The molecule has 158 valence electrons. The largest absolute Gasteiger partial charge is 0.548 e. The summed E-state index contributed by atoms with van der Waals surface area (Å²) in [6.07, 6.45) is 0.101. The van der Waals surface area contributed by atoms with Crippen molar-refractivity contribution >= 4 is 33.8 Å². The summed E-state index contributed by atoms with van der Waals surface area (Å²) in [5.74, 6) is -1.08. The first-order chi connectivity index (χ1) is 14.8. The molecule has 0 aliphatic carbocycles. The Morgan fingerprint density at radius 1 is 1.00 bits per heavy atom. The van der Waals surface area contributed by atoms with E-state index in [1.54, 1.807) is 6.07 Å². The van der Waals surface area contributed by atoms with Crippen LogP contribution in [-0.2, 0) is 16.0 Å².